The molecule has 3 unspecified atom stereocenters. The zero-order valence-electron chi connectivity index (χ0n) is 10.3. The lowest BCUT2D eigenvalue weighted by Gasteiger charge is -2.43. The van der Waals surface area contributed by atoms with Crippen LogP contribution < -0.4 is 5.32 Å². The molecule has 1 saturated carbocycles. The highest BCUT2D eigenvalue weighted by molar-refractivity contribution is 4.96. The molecule has 0 aromatic carbocycles. The minimum Gasteiger partial charge on any atom is -0.380 e. The van der Waals surface area contributed by atoms with Crippen molar-refractivity contribution in [1.29, 1.82) is 0 Å². The van der Waals surface area contributed by atoms with E-state index in [1.165, 1.54) is 38.8 Å². The van der Waals surface area contributed by atoms with Crippen molar-refractivity contribution in [2.75, 3.05) is 26.3 Å². The lowest BCUT2D eigenvalue weighted by atomic mass is 10.0. The van der Waals surface area contributed by atoms with Crippen molar-refractivity contribution >= 4 is 0 Å². The van der Waals surface area contributed by atoms with Crippen LogP contribution >= 0.6 is 0 Å². The highest BCUT2D eigenvalue weighted by Crippen LogP contribution is 2.35. The summed E-state index contributed by atoms with van der Waals surface area (Å²) in [6.45, 7) is 6.70. The third kappa shape index (κ3) is 2.13. The first-order valence-electron chi connectivity index (χ1n) is 6.95. The standard InChI is InChI=1S/C13H24N2O/c1-2-11-7-14-13(10-3-4-10)8-15(11)12-5-6-16-9-12/h10-14H,2-9H2,1H3. The van der Waals surface area contributed by atoms with Crippen molar-refractivity contribution in [2.45, 2.75) is 50.7 Å². The van der Waals surface area contributed by atoms with Crippen LogP contribution in [0.25, 0.3) is 0 Å². The van der Waals surface area contributed by atoms with Gasteiger partial charge in [0, 0.05) is 37.8 Å². The smallest absolute Gasteiger partial charge is 0.0622 e. The van der Waals surface area contributed by atoms with Gasteiger partial charge in [-0.05, 0) is 31.6 Å². The van der Waals surface area contributed by atoms with Gasteiger partial charge in [0.25, 0.3) is 0 Å². The van der Waals surface area contributed by atoms with Crippen LogP contribution in [-0.2, 0) is 4.74 Å². The van der Waals surface area contributed by atoms with Gasteiger partial charge in [0.2, 0.25) is 0 Å². The first-order chi connectivity index (χ1) is 7.88. The van der Waals surface area contributed by atoms with Crippen LogP contribution in [-0.4, -0.2) is 49.3 Å². The topological polar surface area (TPSA) is 24.5 Å². The molecule has 0 amide bonds. The number of hydrogen-bond acceptors (Lipinski definition) is 3. The van der Waals surface area contributed by atoms with E-state index in [0.29, 0.717) is 6.04 Å². The average molecular weight is 224 g/mol. The van der Waals surface area contributed by atoms with Crippen molar-refractivity contribution in [1.82, 2.24) is 10.2 Å². The summed E-state index contributed by atoms with van der Waals surface area (Å²) >= 11 is 0. The van der Waals surface area contributed by atoms with Gasteiger partial charge in [-0.1, -0.05) is 6.92 Å². The Kier molecular flexibility index (Phi) is 3.18. The van der Waals surface area contributed by atoms with E-state index in [9.17, 15) is 0 Å². The van der Waals surface area contributed by atoms with Crippen molar-refractivity contribution in [3.8, 4) is 0 Å². The second kappa shape index (κ2) is 4.63. The zero-order valence-corrected chi connectivity index (χ0v) is 10.3. The quantitative estimate of drug-likeness (QED) is 0.780. The van der Waals surface area contributed by atoms with Crippen LogP contribution in [0.2, 0.25) is 0 Å². The summed E-state index contributed by atoms with van der Waals surface area (Å²) in [4.78, 5) is 2.74. The van der Waals surface area contributed by atoms with Crippen molar-refractivity contribution in [3.05, 3.63) is 0 Å². The molecular formula is C13H24N2O. The summed E-state index contributed by atoms with van der Waals surface area (Å²) < 4.78 is 5.55. The number of rotatable bonds is 3. The Hall–Kier alpha value is -0.120. The number of nitrogens with zero attached hydrogens (tertiary/aromatic N) is 1. The van der Waals surface area contributed by atoms with E-state index < -0.39 is 0 Å². The molecule has 2 aliphatic heterocycles. The van der Waals surface area contributed by atoms with Crippen LogP contribution in [0.5, 0.6) is 0 Å². The Balaban J connectivity index is 1.64. The molecule has 0 aromatic rings. The van der Waals surface area contributed by atoms with Crippen molar-refractivity contribution < 1.29 is 4.74 Å². The van der Waals surface area contributed by atoms with E-state index in [2.05, 4.69) is 17.1 Å². The van der Waals surface area contributed by atoms with Gasteiger partial charge in [-0.3, -0.25) is 4.90 Å². The molecule has 3 atom stereocenters. The number of nitrogens with one attached hydrogen (secondary N) is 1. The number of piperazine rings is 1. The molecule has 0 bridgehead atoms. The first-order valence-corrected chi connectivity index (χ1v) is 6.95. The third-order valence-corrected chi connectivity index (χ3v) is 4.53. The van der Waals surface area contributed by atoms with Crippen LogP contribution in [0.4, 0.5) is 0 Å². The molecule has 1 N–H and O–H groups in total. The first kappa shape index (κ1) is 11.0. The van der Waals surface area contributed by atoms with Gasteiger partial charge in [-0.25, -0.2) is 0 Å². The number of hydrogen-bond donors (Lipinski definition) is 1. The second-order valence-corrected chi connectivity index (χ2v) is 5.63. The Morgan fingerprint density at radius 1 is 1.31 bits per heavy atom. The van der Waals surface area contributed by atoms with Gasteiger partial charge in [0.15, 0.2) is 0 Å². The Labute approximate surface area is 98.5 Å². The van der Waals surface area contributed by atoms with E-state index in [1.54, 1.807) is 0 Å². The molecule has 3 fully saturated rings. The Morgan fingerprint density at radius 3 is 2.81 bits per heavy atom. The molecule has 3 heteroatoms. The van der Waals surface area contributed by atoms with Gasteiger partial charge in [0.1, 0.15) is 0 Å². The molecule has 0 aromatic heterocycles. The van der Waals surface area contributed by atoms with Gasteiger partial charge in [0.05, 0.1) is 6.61 Å². The summed E-state index contributed by atoms with van der Waals surface area (Å²) in [5.41, 5.74) is 0. The monoisotopic (exact) mass is 224 g/mol. The maximum Gasteiger partial charge on any atom is 0.0622 e. The minimum absolute atomic E-state index is 0.702. The van der Waals surface area contributed by atoms with Crippen LogP contribution in [0, 0.1) is 5.92 Å². The molecule has 2 saturated heterocycles. The molecule has 0 spiro atoms. The maximum absolute atomic E-state index is 5.55. The summed E-state index contributed by atoms with van der Waals surface area (Å²) in [5.74, 6) is 0.975. The van der Waals surface area contributed by atoms with E-state index in [0.717, 1.165) is 31.2 Å². The molecule has 0 radical (unpaired) electrons. The third-order valence-electron chi connectivity index (χ3n) is 4.53. The summed E-state index contributed by atoms with van der Waals surface area (Å²) in [5, 5.41) is 3.75. The molecule has 92 valence electrons. The minimum atomic E-state index is 0.702. The van der Waals surface area contributed by atoms with Gasteiger partial charge < -0.3 is 10.1 Å². The van der Waals surface area contributed by atoms with Crippen molar-refractivity contribution in [3.63, 3.8) is 0 Å². The summed E-state index contributed by atoms with van der Waals surface area (Å²) in [6, 6.07) is 2.21. The molecule has 2 heterocycles. The fourth-order valence-corrected chi connectivity index (χ4v) is 3.27. The van der Waals surface area contributed by atoms with E-state index in [1.807, 2.05) is 0 Å². The van der Waals surface area contributed by atoms with Crippen LogP contribution in [0.1, 0.15) is 32.6 Å². The van der Waals surface area contributed by atoms with Gasteiger partial charge in [-0.2, -0.15) is 0 Å². The molecule has 3 aliphatic rings. The summed E-state index contributed by atoms with van der Waals surface area (Å²) in [6.07, 6.45) is 5.40. The second-order valence-electron chi connectivity index (χ2n) is 5.63. The van der Waals surface area contributed by atoms with Gasteiger partial charge >= 0.3 is 0 Å². The Morgan fingerprint density at radius 2 is 2.19 bits per heavy atom. The SMILES string of the molecule is CCC1CNC(C2CC2)CN1C1CCOC1. The normalized spacial score (nSPS) is 41.4. The fraction of sp³-hybridized carbons (Fsp3) is 1.00. The fourth-order valence-electron chi connectivity index (χ4n) is 3.27. The van der Waals surface area contributed by atoms with E-state index in [4.69, 9.17) is 4.74 Å². The summed E-state index contributed by atoms with van der Waals surface area (Å²) in [7, 11) is 0. The lowest BCUT2D eigenvalue weighted by Crippen LogP contribution is -2.60. The van der Waals surface area contributed by atoms with Gasteiger partial charge in [-0.15, -0.1) is 0 Å². The van der Waals surface area contributed by atoms with Crippen molar-refractivity contribution in [2.24, 2.45) is 5.92 Å². The van der Waals surface area contributed by atoms with Crippen LogP contribution in [0.15, 0.2) is 0 Å². The highest BCUT2D eigenvalue weighted by Gasteiger charge is 2.39. The highest BCUT2D eigenvalue weighted by atomic mass is 16.5. The molecule has 3 rings (SSSR count). The Bertz CT molecular complexity index is 234. The predicted molar refractivity (Wildman–Crippen MR) is 64.5 cm³/mol. The molecule has 1 aliphatic carbocycles. The zero-order chi connectivity index (χ0) is 11.0. The molecule has 16 heavy (non-hydrogen) atoms. The molecular weight excluding hydrogens is 200 g/mol. The largest absolute Gasteiger partial charge is 0.380 e. The average Bonchev–Trinajstić information content (AvgIpc) is 3.04. The van der Waals surface area contributed by atoms with E-state index in [-0.39, 0.29) is 0 Å². The number of ether oxygens (including phenoxy) is 1. The van der Waals surface area contributed by atoms with Crippen LogP contribution in [0.3, 0.4) is 0 Å². The maximum atomic E-state index is 5.55. The van der Waals surface area contributed by atoms with E-state index >= 15 is 0 Å². The molecule has 3 nitrogen and oxygen atoms in total. The predicted octanol–water partition coefficient (Wildman–Crippen LogP) is 1.24. The lowest BCUT2D eigenvalue weighted by molar-refractivity contribution is 0.0634.